The SMILES string of the molecule is O=C(Nc1ccc(-c2csnn2)cc1)c1nn(Cc2ccccc2)c(=O)c2ccccc12. The van der Waals surface area contributed by atoms with Gasteiger partial charge in [-0.3, -0.25) is 9.59 Å². The molecule has 0 spiro atoms. The molecular weight excluding hydrogens is 422 g/mol. The van der Waals surface area contributed by atoms with Gasteiger partial charge in [0.1, 0.15) is 5.69 Å². The Morgan fingerprint density at radius 2 is 1.62 bits per heavy atom. The van der Waals surface area contributed by atoms with Gasteiger partial charge < -0.3 is 5.32 Å². The molecule has 2 aromatic heterocycles. The predicted octanol–water partition coefficient (Wildman–Crippen LogP) is 4.22. The highest BCUT2D eigenvalue weighted by molar-refractivity contribution is 7.03. The van der Waals surface area contributed by atoms with Crippen LogP contribution in [0.4, 0.5) is 5.69 Å². The molecule has 0 atom stereocenters. The zero-order chi connectivity index (χ0) is 21.9. The fraction of sp³-hybridized carbons (Fsp3) is 0.0417. The summed E-state index contributed by atoms with van der Waals surface area (Å²) in [4.78, 5) is 26.1. The molecule has 0 aliphatic rings. The zero-order valence-electron chi connectivity index (χ0n) is 16.8. The third-order valence-electron chi connectivity index (χ3n) is 5.06. The molecule has 0 bridgehead atoms. The first-order valence-corrected chi connectivity index (χ1v) is 10.8. The number of hydrogen-bond acceptors (Lipinski definition) is 6. The molecule has 1 N–H and O–H groups in total. The maximum absolute atomic E-state index is 13.1. The predicted molar refractivity (Wildman–Crippen MR) is 125 cm³/mol. The third kappa shape index (κ3) is 3.91. The van der Waals surface area contributed by atoms with Crippen LogP contribution in [0.15, 0.2) is 89.0 Å². The molecule has 0 unspecified atom stereocenters. The van der Waals surface area contributed by atoms with Gasteiger partial charge in [-0.2, -0.15) is 5.10 Å². The van der Waals surface area contributed by atoms with E-state index in [1.54, 1.807) is 36.4 Å². The van der Waals surface area contributed by atoms with Gasteiger partial charge >= 0.3 is 0 Å². The van der Waals surface area contributed by atoms with Gasteiger partial charge in [-0.05, 0) is 35.3 Å². The van der Waals surface area contributed by atoms with E-state index in [-0.39, 0.29) is 23.7 Å². The number of rotatable bonds is 5. The van der Waals surface area contributed by atoms with Crippen LogP contribution in [0.2, 0.25) is 0 Å². The van der Waals surface area contributed by atoms with Gasteiger partial charge in [0.25, 0.3) is 11.5 Å². The molecule has 0 aliphatic carbocycles. The van der Waals surface area contributed by atoms with Gasteiger partial charge in [0.2, 0.25) is 0 Å². The monoisotopic (exact) mass is 439 g/mol. The topological polar surface area (TPSA) is 89.8 Å². The van der Waals surface area contributed by atoms with Crippen LogP contribution in [0, 0.1) is 0 Å². The van der Waals surface area contributed by atoms with Crippen molar-refractivity contribution in [2.75, 3.05) is 5.32 Å². The quantitative estimate of drug-likeness (QED) is 0.443. The van der Waals surface area contributed by atoms with E-state index in [0.717, 1.165) is 16.8 Å². The third-order valence-corrected chi connectivity index (χ3v) is 5.56. The first-order valence-electron chi connectivity index (χ1n) is 9.92. The van der Waals surface area contributed by atoms with Crippen LogP contribution in [0.5, 0.6) is 0 Å². The maximum atomic E-state index is 13.1. The normalized spacial score (nSPS) is 10.9. The molecule has 2 heterocycles. The Kier molecular flexibility index (Phi) is 5.27. The molecule has 32 heavy (non-hydrogen) atoms. The number of aromatic nitrogens is 4. The summed E-state index contributed by atoms with van der Waals surface area (Å²) in [5, 5.41) is 14.2. The van der Waals surface area contributed by atoms with E-state index in [1.807, 2.05) is 47.8 Å². The van der Waals surface area contributed by atoms with Crippen molar-refractivity contribution < 1.29 is 4.79 Å². The van der Waals surface area contributed by atoms with E-state index >= 15 is 0 Å². The van der Waals surface area contributed by atoms with Crippen molar-refractivity contribution >= 4 is 33.9 Å². The van der Waals surface area contributed by atoms with Crippen molar-refractivity contribution in [1.82, 2.24) is 19.4 Å². The van der Waals surface area contributed by atoms with Crippen LogP contribution >= 0.6 is 11.5 Å². The number of nitrogens with one attached hydrogen (secondary N) is 1. The molecule has 0 radical (unpaired) electrons. The number of carbonyl (C=O) groups is 1. The second-order valence-electron chi connectivity index (χ2n) is 7.16. The number of amides is 1. The standard InChI is InChI=1S/C24H17N5O2S/c30-23(25-18-12-10-17(11-13-18)21-15-32-28-26-21)22-19-8-4-5-9-20(19)24(31)29(27-22)14-16-6-2-1-3-7-16/h1-13,15H,14H2,(H,25,30). The first kappa shape index (κ1) is 19.8. The highest BCUT2D eigenvalue weighted by Crippen LogP contribution is 2.21. The average Bonchev–Trinajstić information content (AvgIpc) is 3.37. The van der Waals surface area contributed by atoms with E-state index in [2.05, 4.69) is 20.0 Å². The molecule has 5 aromatic rings. The maximum Gasteiger partial charge on any atom is 0.276 e. The number of carbonyl (C=O) groups excluding carboxylic acids is 1. The second-order valence-corrected chi connectivity index (χ2v) is 7.77. The van der Waals surface area contributed by atoms with E-state index in [0.29, 0.717) is 16.5 Å². The Bertz CT molecular complexity index is 1450. The number of hydrogen-bond donors (Lipinski definition) is 1. The summed E-state index contributed by atoms with van der Waals surface area (Å²) >= 11 is 1.28. The van der Waals surface area contributed by atoms with Crippen LogP contribution < -0.4 is 10.9 Å². The zero-order valence-corrected chi connectivity index (χ0v) is 17.6. The van der Waals surface area contributed by atoms with Gasteiger partial charge in [0.05, 0.1) is 11.9 Å². The molecule has 0 saturated carbocycles. The molecule has 0 saturated heterocycles. The van der Waals surface area contributed by atoms with Gasteiger partial charge in [-0.15, -0.1) is 5.10 Å². The Balaban J connectivity index is 1.49. The second kappa shape index (κ2) is 8.52. The van der Waals surface area contributed by atoms with Crippen LogP contribution in [0.1, 0.15) is 16.1 Å². The van der Waals surface area contributed by atoms with E-state index in [9.17, 15) is 9.59 Å². The molecule has 0 fully saturated rings. The van der Waals surface area contributed by atoms with Crippen molar-refractivity contribution in [3.05, 3.63) is 106 Å². The van der Waals surface area contributed by atoms with Crippen molar-refractivity contribution in [2.45, 2.75) is 6.54 Å². The lowest BCUT2D eigenvalue weighted by molar-refractivity contribution is 0.102. The summed E-state index contributed by atoms with van der Waals surface area (Å²) in [6, 6.07) is 23.9. The van der Waals surface area contributed by atoms with Crippen LogP contribution in [0.3, 0.4) is 0 Å². The van der Waals surface area contributed by atoms with E-state index in [4.69, 9.17) is 0 Å². The minimum atomic E-state index is -0.383. The lowest BCUT2D eigenvalue weighted by Crippen LogP contribution is -2.28. The van der Waals surface area contributed by atoms with Crippen molar-refractivity contribution in [3.8, 4) is 11.3 Å². The fourth-order valence-corrected chi connectivity index (χ4v) is 3.94. The first-order chi connectivity index (χ1) is 15.7. The van der Waals surface area contributed by atoms with Crippen molar-refractivity contribution in [3.63, 3.8) is 0 Å². The van der Waals surface area contributed by atoms with E-state index in [1.165, 1.54) is 16.2 Å². The van der Waals surface area contributed by atoms with Crippen molar-refractivity contribution in [2.24, 2.45) is 0 Å². The molecule has 7 nitrogen and oxygen atoms in total. The molecule has 1 amide bonds. The summed E-state index contributed by atoms with van der Waals surface area (Å²) < 4.78 is 5.21. The molecule has 8 heteroatoms. The molecule has 0 aliphatic heterocycles. The number of benzene rings is 3. The summed E-state index contributed by atoms with van der Waals surface area (Å²) in [6.07, 6.45) is 0. The van der Waals surface area contributed by atoms with Crippen LogP contribution in [-0.2, 0) is 6.54 Å². The summed E-state index contributed by atoms with van der Waals surface area (Å²) in [5.41, 5.74) is 3.21. The minimum Gasteiger partial charge on any atom is -0.321 e. The Morgan fingerprint density at radius 1 is 0.906 bits per heavy atom. The number of fused-ring (bicyclic) bond motifs is 1. The van der Waals surface area contributed by atoms with Gasteiger partial charge in [-0.1, -0.05) is 65.2 Å². The highest BCUT2D eigenvalue weighted by atomic mass is 32.1. The van der Waals surface area contributed by atoms with Gasteiger partial charge in [-0.25, -0.2) is 4.68 Å². The van der Waals surface area contributed by atoms with Gasteiger partial charge in [0, 0.05) is 22.0 Å². The summed E-state index contributed by atoms with van der Waals surface area (Å²) in [7, 11) is 0. The number of nitrogens with zero attached hydrogens (tertiary/aromatic N) is 4. The molecule has 3 aromatic carbocycles. The minimum absolute atomic E-state index is 0.198. The van der Waals surface area contributed by atoms with E-state index < -0.39 is 0 Å². The lowest BCUT2D eigenvalue weighted by Gasteiger charge is -2.12. The Labute approximate surface area is 187 Å². The summed E-state index contributed by atoms with van der Waals surface area (Å²) in [5.74, 6) is -0.383. The number of anilines is 1. The van der Waals surface area contributed by atoms with Crippen LogP contribution in [0.25, 0.3) is 22.0 Å². The Morgan fingerprint density at radius 3 is 2.34 bits per heavy atom. The van der Waals surface area contributed by atoms with Crippen molar-refractivity contribution in [1.29, 1.82) is 0 Å². The van der Waals surface area contributed by atoms with Crippen LogP contribution in [-0.4, -0.2) is 25.3 Å². The largest absolute Gasteiger partial charge is 0.321 e. The highest BCUT2D eigenvalue weighted by Gasteiger charge is 2.17. The van der Waals surface area contributed by atoms with Gasteiger partial charge in [0.15, 0.2) is 5.69 Å². The molecule has 156 valence electrons. The Hall–Kier alpha value is -4.17. The smallest absolute Gasteiger partial charge is 0.276 e. The molecular formula is C24H17N5O2S. The molecule has 5 rings (SSSR count). The summed E-state index contributed by atoms with van der Waals surface area (Å²) in [6.45, 7) is 0.279. The fourth-order valence-electron chi connectivity index (χ4n) is 3.47. The lowest BCUT2D eigenvalue weighted by atomic mass is 10.1. The average molecular weight is 440 g/mol.